The number of ketones is 1. The average molecular weight is 1650 g/mol. The summed E-state index contributed by atoms with van der Waals surface area (Å²) in [5, 5.41) is 195. The van der Waals surface area contributed by atoms with Gasteiger partial charge in [0.25, 0.3) is 5.79 Å². The Morgan fingerprint density at radius 2 is 0.860 bits per heavy atom. The third-order valence-corrected chi connectivity index (χ3v) is 23.0. The standard InChI is InChI=1S/C81H148N2O31/c1-5-7-9-11-13-15-17-19-20-21-22-23-24-25-26-27-29-31-33-35-37-39-41-61(94)83-53(54(91)40-38-36-34-32-30-28-18-16-14-12-10-8-6-2)49-105-77-69(101)67(99)72(59(47-87)108-77)111-79-70(102)75(114-81(80(103)104)43-55(92)62(82-51(4)90)74(113-81)63(95)56(93)44-84)73(60(48-88)109-79)112-76-52(42-50(3)89)71(65(97)58(46-86)106-76)110-78-68(100)66(98)64(96)57(45-85)107-78/h52-60,62-79,84-88,91-93,95-102H,5-49H2,1-4H3,(H,82,90)(H,83,94)(H,103,104). The summed E-state index contributed by atoms with van der Waals surface area (Å²) in [5.74, 6) is -9.02. The maximum atomic E-state index is 13.9. The minimum absolute atomic E-state index is 0.162. The number of aliphatic hydroxyl groups excluding tert-OH is 16. The van der Waals surface area contributed by atoms with Gasteiger partial charge in [-0.2, -0.15) is 0 Å². The van der Waals surface area contributed by atoms with Crippen LogP contribution >= 0.6 is 0 Å². The van der Waals surface area contributed by atoms with Gasteiger partial charge in [-0.1, -0.05) is 232 Å². The van der Waals surface area contributed by atoms with E-state index in [1.54, 1.807) is 0 Å². The Morgan fingerprint density at radius 3 is 1.32 bits per heavy atom. The minimum Gasteiger partial charge on any atom is -0.477 e. The lowest BCUT2D eigenvalue weighted by Gasteiger charge is -2.52. The lowest BCUT2D eigenvalue weighted by molar-refractivity contribution is -0.406. The van der Waals surface area contributed by atoms with Crippen LogP contribution in [0.4, 0.5) is 0 Å². The number of Topliss-reactive ketones (excluding diaryl/α,β-unsaturated/α-hetero) is 1. The summed E-state index contributed by atoms with van der Waals surface area (Å²) in [6.45, 7) is 0.644. The van der Waals surface area contributed by atoms with Crippen molar-refractivity contribution in [1.82, 2.24) is 10.6 Å². The fraction of sp³-hybridized carbons (Fsp3) is 0.951. The molecule has 0 aromatic rings. The molecule has 2 amide bonds. The van der Waals surface area contributed by atoms with Gasteiger partial charge in [-0.25, -0.2) is 4.79 Å². The number of aliphatic carboxylic acids is 1. The zero-order valence-corrected chi connectivity index (χ0v) is 68.2. The van der Waals surface area contributed by atoms with Gasteiger partial charge in [0.15, 0.2) is 25.2 Å². The first-order valence-electron chi connectivity index (χ1n) is 43.1. The van der Waals surface area contributed by atoms with Gasteiger partial charge in [0, 0.05) is 32.1 Å². The van der Waals surface area contributed by atoms with Gasteiger partial charge in [-0.15, -0.1) is 0 Å². The number of carbonyl (C=O) groups excluding carboxylic acids is 3. The molecule has 0 bridgehead atoms. The van der Waals surface area contributed by atoms with E-state index in [1.807, 2.05) is 0 Å². The Bertz CT molecular complexity index is 2570. The van der Waals surface area contributed by atoms with Crippen molar-refractivity contribution < 1.29 is 153 Å². The molecule has 5 rings (SSSR count). The van der Waals surface area contributed by atoms with E-state index in [2.05, 4.69) is 24.5 Å². The van der Waals surface area contributed by atoms with Crippen molar-refractivity contribution in [3.05, 3.63) is 0 Å². The number of carboxylic acids is 1. The molecule has 5 aliphatic heterocycles. The highest BCUT2D eigenvalue weighted by atomic mass is 16.8. The summed E-state index contributed by atoms with van der Waals surface area (Å²) in [6, 6.07) is -2.80. The van der Waals surface area contributed by atoms with E-state index < -0.39 is 241 Å². The van der Waals surface area contributed by atoms with E-state index in [-0.39, 0.29) is 18.7 Å². The van der Waals surface area contributed by atoms with Crippen LogP contribution in [0.1, 0.15) is 278 Å². The molecular formula is C81H148N2O31. The summed E-state index contributed by atoms with van der Waals surface area (Å²) in [5.41, 5.74) is 0. The molecule has 33 heteroatoms. The Morgan fingerprint density at radius 1 is 0.447 bits per heavy atom. The van der Waals surface area contributed by atoms with Gasteiger partial charge in [-0.05, 0) is 19.8 Å². The number of nitrogens with one attached hydrogen (secondary N) is 2. The molecule has 0 aromatic carbocycles. The van der Waals surface area contributed by atoms with Gasteiger partial charge in [0.1, 0.15) is 110 Å². The lowest BCUT2D eigenvalue weighted by Crippen LogP contribution is -2.71. The number of amides is 2. The summed E-state index contributed by atoms with van der Waals surface area (Å²) < 4.78 is 60.6. The quantitative estimate of drug-likeness (QED) is 0.0389. The van der Waals surface area contributed by atoms with Gasteiger partial charge < -0.3 is 150 Å². The van der Waals surface area contributed by atoms with Crippen LogP contribution in [0.3, 0.4) is 0 Å². The van der Waals surface area contributed by atoms with Crippen LogP contribution in [-0.4, -0.2) is 315 Å². The van der Waals surface area contributed by atoms with Gasteiger partial charge in [0.2, 0.25) is 11.8 Å². The SMILES string of the molecule is CCCCCCCCCCCCCCCCCCCCCCCCC(=O)NC(COC1OC(CO)C(OC2OC(CO)C(OC3OC(CO)C(O)C(OC4OC(CO)C(O)C(O)C4O)C3CC(C)=O)C(OC3(C(=O)O)CC(O)C(NC(C)=O)C(C(O)C(O)CO)O3)C2O)C(O)C1O)C(O)CCCCCCCCCCCCCCC. The molecular weight excluding hydrogens is 1500 g/mol. The molecule has 5 fully saturated rings. The summed E-state index contributed by atoms with van der Waals surface area (Å²) in [4.78, 5) is 53.3. The van der Waals surface area contributed by atoms with Crippen LogP contribution in [0, 0.1) is 5.92 Å². The van der Waals surface area contributed by atoms with Crippen LogP contribution in [0.25, 0.3) is 0 Å². The third kappa shape index (κ3) is 33.1. The molecule has 0 aromatic heterocycles. The fourth-order valence-corrected chi connectivity index (χ4v) is 16.1. The van der Waals surface area contributed by atoms with Crippen molar-refractivity contribution in [2.45, 2.75) is 443 Å². The zero-order chi connectivity index (χ0) is 83.7. The second-order valence-electron chi connectivity index (χ2n) is 32.5. The summed E-state index contributed by atoms with van der Waals surface area (Å²) >= 11 is 0. The summed E-state index contributed by atoms with van der Waals surface area (Å²) in [6.07, 6.45) is -8.54. The Hall–Kier alpha value is -2.96. The number of ether oxygens (including phenoxy) is 10. The van der Waals surface area contributed by atoms with Gasteiger partial charge >= 0.3 is 5.97 Å². The number of unbranched alkanes of at least 4 members (excludes halogenated alkanes) is 33. The average Bonchev–Trinajstić information content (AvgIpc) is 0.746. The number of carboxylic acid groups (broad SMARTS) is 1. The van der Waals surface area contributed by atoms with E-state index in [1.165, 1.54) is 154 Å². The highest BCUT2D eigenvalue weighted by molar-refractivity contribution is 5.77. The van der Waals surface area contributed by atoms with Crippen molar-refractivity contribution in [3.8, 4) is 0 Å². The molecule has 19 N–H and O–H groups in total. The number of aliphatic hydroxyl groups is 16. The molecule has 5 saturated heterocycles. The number of hydrogen-bond donors (Lipinski definition) is 19. The normalized spacial score (nSPS) is 33.2. The maximum absolute atomic E-state index is 13.9. The molecule has 33 nitrogen and oxygen atoms in total. The van der Waals surface area contributed by atoms with Crippen LogP contribution in [0.2, 0.25) is 0 Å². The van der Waals surface area contributed by atoms with Crippen molar-refractivity contribution in [2.75, 3.05) is 39.6 Å². The van der Waals surface area contributed by atoms with E-state index in [0.29, 0.717) is 12.8 Å². The van der Waals surface area contributed by atoms with Crippen LogP contribution in [0.15, 0.2) is 0 Å². The number of carbonyl (C=O) groups is 4. The topological polar surface area (TPSA) is 529 Å². The van der Waals surface area contributed by atoms with Gasteiger partial charge in [-0.3, -0.25) is 9.59 Å². The number of hydrogen-bond acceptors (Lipinski definition) is 30. The zero-order valence-electron chi connectivity index (χ0n) is 68.2. The maximum Gasteiger partial charge on any atom is 0.364 e. The second-order valence-corrected chi connectivity index (χ2v) is 32.5. The van der Waals surface area contributed by atoms with Gasteiger partial charge in [0.05, 0.1) is 70.0 Å². The van der Waals surface area contributed by atoms with Crippen LogP contribution in [-0.2, 0) is 66.5 Å². The third-order valence-electron chi connectivity index (χ3n) is 23.0. The van der Waals surface area contributed by atoms with Crippen LogP contribution in [0.5, 0.6) is 0 Å². The van der Waals surface area contributed by atoms with E-state index >= 15 is 0 Å². The first kappa shape index (κ1) is 102. The minimum atomic E-state index is -3.36. The molecule has 5 heterocycles. The molecule has 0 radical (unpaired) electrons. The predicted molar refractivity (Wildman–Crippen MR) is 412 cm³/mol. The lowest BCUT2D eigenvalue weighted by atomic mass is 9.86. The molecule has 28 atom stereocenters. The Kier molecular flexibility index (Phi) is 49.8. The molecule has 0 aliphatic carbocycles. The Balaban J connectivity index is 1.32. The molecule has 0 spiro atoms. The second kappa shape index (κ2) is 55.9. The van der Waals surface area contributed by atoms with Crippen molar-refractivity contribution in [1.29, 1.82) is 0 Å². The van der Waals surface area contributed by atoms with Crippen molar-refractivity contribution in [3.63, 3.8) is 0 Å². The highest BCUT2D eigenvalue weighted by Crippen LogP contribution is 2.43. The first-order chi connectivity index (χ1) is 54.8. The van der Waals surface area contributed by atoms with E-state index in [4.69, 9.17) is 47.4 Å². The molecule has 5 aliphatic rings. The molecule has 28 unspecified atom stereocenters. The van der Waals surface area contributed by atoms with Crippen LogP contribution < -0.4 is 10.6 Å². The van der Waals surface area contributed by atoms with E-state index in [0.717, 1.165) is 71.6 Å². The molecule has 668 valence electrons. The van der Waals surface area contributed by atoms with Crippen molar-refractivity contribution in [2.24, 2.45) is 5.92 Å². The fourth-order valence-electron chi connectivity index (χ4n) is 16.1. The first-order valence-corrected chi connectivity index (χ1v) is 43.1. The molecule has 114 heavy (non-hydrogen) atoms. The van der Waals surface area contributed by atoms with Crippen molar-refractivity contribution >= 4 is 23.6 Å². The monoisotopic (exact) mass is 1650 g/mol. The largest absolute Gasteiger partial charge is 0.477 e. The molecule has 0 saturated carbocycles. The smallest absolute Gasteiger partial charge is 0.364 e. The van der Waals surface area contributed by atoms with E-state index in [9.17, 15) is 106 Å². The number of rotatable bonds is 61. The Labute approximate surface area is 673 Å². The predicted octanol–water partition coefficient (Wildman–Crippen LogP) is 3.00. The highest BCUT2D eigenvalue weighted by Gasteiger charge is 2.62. The summed E-state index contributed by atoms with van der Waals surface area (Å²) in [7, 11) is 0.